The lowest BCUT2D eigenvalue weighted by Gasteiger charge is -2.31. The van der Waals surface area contributed by atoms with Gasteiger partial charge in [-0.3, -0.25) is 4.79 Å². The van der Waals surface area contributed by atoms with Crippen LogP contribution in [0.2, 0.25) is 0 Å². The number of carbonyl (C=O) groups is 1. The molecule has 0 radical (unpaired) electrons. The normalized spacial score (nSPS) is 18.6. The number of nitrogens with zero attached hydrogens (tertiary/aromatic N) is 1. The van der Waals surface area contributed by atoms with Crippen molar-refractivity contribution in [3.8, 4) is 5.75 Å². The van der Waals surface area contributed by atoms with Gasteiger partial charge >= 0.3 is 0 Å². The standard InChI is InChI=1S/C17H22N2O3/c1-3-21-15-6-4-5-14-17(15)13(10-18-14)9-16(20)19-7-8-22-12(2)11-19/h4-6,10,12,18H,3,7-9,11H2,1-2H3/t12-/m0/s1. The van der Waals surface area contributed by atoms with Crippen LogP contribution in [0.1, 0.15) is 19.4 Å². The second-order valence-corrected chi connectivity index (χ2v) is 5.62. The molecule has 2 heterocycles. The predicted molar refractivity (Wildman–Crippen MR) is 85.2 cm³/mol. The summed E-state index contributed by atoms with van der Waals surface area (Å²) in [5.74, 6) is 0.974. The first-order chi connectivity index (χ1) is 10.7. The molecule has 1 atom stereocenters. The quantitative estimate of drug-likeness (QED) is 0.943. The van der Waals surface area contributed by atoms with Crippen LogP contribution in [0, 0.1) is 0 Å². The van der Waals surface area contributed by atoms with Crippen molar-refractivity contribution in [2.45, 2.75) is 26.4 Å². The van der Waals surface area contributed by atoms with Gasteiger partial charge in [-0.25, -0.2) is 0 Å². The van der Waals surface area contributed by atoms with Gasteiger partial charge in [-0.2, -0.15) is 0 Å². The summed E-state index contributed by atoms with van der Waals surface area (Å²) in [6, 6.07) is 5.91. The maximum atomic E-state index is 12.5. The van der Waals surface area contributed by atoms with E-state index in [-0.39, 0.29) is 12.0 Å². The van der Waals surface area contributed by atoms with Crippen molar-refractivity contribution >= 4 is 16.8 Å². The third-order valence-corrected chi connectivity index (χ3v) is 3.98. The number of ether oxygens (including phenoxy) is 2. The zero-order valence-corrected chi connectivity index (χ0v) is 13.1. The van der Waals surface area contributed by atoms with Crippen LogP contribution >= 0.6 is 0 Å². The molecule has 1 saturated heterocycles. The molecular formula is C17H22N2O3. The smallest absolute Gasteiger partial charge is 0.227 e. The summed E-state index contributed by atoms with van der Waals surface area (Å²) < 4.78 is 11.2. The molecular weight excluding hydrogens is 280 g/mol. The van der Waals surface area contributed by atoms with Crippen LogP contribution in [0.15, 0.2) is 24.4 Å². The van der Waals surface area contributed by atoms with E-state index in [0.29, 0.717) is 32.7 Å². The molecule has 0 saturated carbocycles. The molecule has 0 spiro atoms. The number of amides is 1. The van der Waals surface area contributed by atoms with E-state index in [2.05, 4.69) is 4.98 Å². The number of carbonyl (C=O) groups excluding carboxylic acids is 1. The molecule has 1 fully saturated rings. The fraction of sp³-hybridized carbons (Fsp3) is 0.471. The number of aromatic amines is 1. The van der Waals surface area contributed by atoms with Crippen molar-refractivity contribution in [3.63, 3.8) is 0 Å². The first-order valence-corrected chi connectivity index (χ1v) is 7.80. The Bertz CT molecular complexity index is 665. The Morgan fingerprint density at radius 1 is 1.50 bits per heavy atom. The highest BCUT2D eigenvalue weighted by Crippen LogP contribution is 2.29. The highest BCUT2D eigenvalue weighted by Gasteiger charge is 2.22. The number of rotatable bonds is 4. The van der Waals surface area contributed by atoms with Gasteiger partial charge in [0.05, 0.1) is 25.7 Å². The number of fused-ring (bicyclic) bond motifs is 1. The zero-order chi connectivity index (χ0) is 15.5. The maximum Gasteiger partial charge on any atom is 0.227 e. The minimum absolute atomic E-state index is 0.111. The molecule has 5 nitrogen and oxygen atoms in total. The summed E-state index contributed by atoms with van der Waals surface area (Å²) in [6.07, 6.45) is 2.41. The van der Waals surface area contributed by atoms with E-state index >= 15 is 0 Å². The molecule has 1 aliphatic rings. The minimum Gasteiger partial charge on any atom is -0.493 e. The van der Waals surface area contributed by atoms with Crippen LogP contribution < -0.4 is 4.74 Å². The van der Waals surface area contributed by atoms with Crippen molar-refractivity contribution in [2.75, 3.05) is 26.3 Å². The highest BCUT2D eigenvalue weighted by molar-refractivity contribution is 5.93. The van der Waals surface area contributed by atoms with Gasteiger partial charge < -0.3 is 19.4 Å². The average Bonchev–Trinajstić information content (AvgIpc) is 2.92. The van der Waals surface area contributed by atoms with Crippen LogP contribution in [-0.2, 0) is 16.0 Å². The Morgan fingerprint density at radius 3 is 3.14 bits per heavy atom. The lowest BCUT2D eigenvalue weighted by atomic mass is 10.1. The van der Waals surface area contributed by atoms with E-state index < -0.39 is 0 Å². The lowest BCUT2D eigenvalue weighted by Crippen LogP contribution is -2.45. The first kappa shape index (κ1) is 14.9. The second-order valence-electron chi connectivity index (χ2n) is 5.62. The molecule has 0 unspecified atom stereocenters. The summed E-state index contributed by atoms with van der Waals surface area (Å²) in [4.78, 5) is 17.7. The van der Waals surface area contributed by atoms with Crippen LogP contribution in [0.5, 0.6) is 5.75 Å². The summed E-state index contributed by atoms with van der Waals surface area (Å²) in [5.41, 5.74) is 1.99. The van der Waals surface area contributed by atoms with Crippen molar-refractivity contribution < 1.29 is 14.3 Å². The van der Waals surface area contributed by atoms with Crippen molar-refractivity contribution in [3.05, 3.63) is 30.0 Å². The van der Waals surface area contributed by atoms with Crippen molar-refractivity contribution in [2.24, 2.45) is 0 Å². The van der Waals surface area contributed by atoms with Gasteiger partial charge in [-0.05, 0) is 31.5 Å². The monoisotopic (exact) mass is 302 g/mol. The Kier molecular flexibility index (Phi) is 4.34. The molecule has 1 aliphatic heterocycles. The number of hydrogen-bond acceptors (Lipinski definition) is 3. The fourth-order valence-corrected chi connectivity index (χ4v) is 2.95. The number of nitrogens with one attached hydrogen (secondary N) is 1. The Balaban J connectivity index is 1.82. The van der Waals surface area contributed by atoms with Gasteiger partial charge in [0.15, 0.2) is 0 Å². The number of aromatic nitrogens is 1. The van der Waals surface area contributed by atoms with Crippen LogP contribution in [0.25, 0.3) is 10.9 Å². The third-order valence-electron chi connectivity index (χ3n) is 3.98. The SMILES string of the molecule is CCOc1cccc2[nH]cc(CC(=O)N3CCO[C@@H](C)C3)c12. The third kappa shape index (κ3) is 2.95. The van der Waals surface area contributed by atoms with Crippen molar-refractivity contribution in [1.82, 2.24) is 9.88 Å². The molecule has 5 heteroatoms. The molecule has 1 N–H and O–H groups in total. The predicted octanol–water partition coefficient (Wildman–Crippen LogP) is 2.36. The molecule has 0 aliphatic carbocycles. The summed E-state index contributed by atoms with van der Waals surface area (Å²) in [7, 11) is 0. The summed E-state index contributed by atoms with van der Waals surface area (Å²) in [6.45, 7) is 6.52. The second kappa shape index (κ2) is 6.40. The lowest BCUT2D eigenvalue weighted by molar-refractivity contribution is -0.137. The first-order valence-electron chi connectivity index (χ1n) is 7.80. The average molecular weight is 302 g/mol. The zero-order valence-electron chi connectivity index (χ0n) is 13.1. The topological polar surface area (TPSA) is 54.6 Å². The van der Waals surface area contributed by atoms with Crippen LogP contribution in [0.4, 0.5) is 0 Å². The van der Waals surface area contributed by atoms with E-state index in [9.17, 15) is 4.79 Å². The number of H-pyrrole nitrogens is 1. The van der Waals surface area contributed by atoms with E-state index in [4.69, 9.17) is 9.47 Å². The van der Waals surface area contributed by atoms with Gasteiger partial charge in [0.25, 0.3) is 0 Å². The molecule has 1 aromatic heterocycles. The minimum atomic E-state index is 0.111. The number of morpholine rings is 1. The summed E-state index contributed by atoms with van der Waals surface area (Å²) in [5, 5.41) is 1.01. The molecule has 22 heavy (non-hydrogen) atoms. The summed E-state index contributed by atoms with van der Waals surface area (Å²) >= 11 is 0. The molecule has 1 aromatic carbocycles. The van der Waals surface area contributed by atoms with E-state index in [1.54, 1.807) is 0 Å². The maximum absolute atomic E-state index is 12.5. The number of hydrogen-bond donors (Lipinski definition) is 1. The van der Waals surface area contributed by atoms with Gasteiger partial charge in [0, 0.05) is 30.2 Å². The molecule has 118 valence electrons. The van der Waals surface area contributed by atoms with Crippen molar-refractivity contribution in [1.29, 1.82) is 0 Å². The van der Waals surface area contributed by atoms with Gasteiger partial charge in [0.1, 0.15) is 5.75 Å². The Morgan fingerprint density at radius 2 is 2.36 bits per heavy atom. The molecule has 3 rings (SSSR count). The van der Waals surface area contributed by atoms with Crippen LogP contribution in [-0.4, -0.2) is 48.2 Å². The fourth-order valence-electron chi connectivity index (χ4n) is 2.95. The molecule has 0 bridgehead atoms. The van der Waals surface area contributed by atoms with E-state index in [1.807, 2.05) is 43.1 Å². The molecule has 1 amide bonds. The largest absolute Gasteiger partial charge is 0.493 e. The van der Waals surface area contributed by atoms with Gasteiger partial charge in [0.2, 0.25) is 5.91 Å². The van der Waals surface area contributed by atoms with E-state index in [1.165, 1.54) is 0 Å². The Labute approximate surface area is 130 Å². The Hall–Kier alpha value is -2.01. The van der Waals surface area contributed by atoms with E-state index in [0.717, 1.165) is 22.2 Å². The highest BCUT2D eigenvalue weighted by atomic mass is 16.5. The van der Waals surface area contributed by atoms with Crippen LogP contribution in [0.3, 0.4) is 0 Å². The van der Waals surface area contributed by atoms with Gasteiger partial charge in [-0.15, -0.1) is 0 Å². The number of benzene rings is 1. The van der Waals surface area contributed by atoms with Gasteiger partial charge in [-0.1, -0.05) is 6.07 Å². The molecule has 2 aromatic rings.